The normalized spacial score (nSPS) is 11.1. The summed E-state index contributed by atoms with van der Waals surface area (Å²) in [7, 11) is 0. The topological polar surface area (TPSA) is 53.5 Å². The van der Waals surface area contributed by atoms with Crippen LogP contribution in [0.2, 0.25) is 0 Å². The number of ether oxygens (including phenoxy) is 1. The van der Waals surface area contributed by atoms with E-state index in [0.717, 1.165) is 41.8 Å². The number of hydrogen-bond donors (Lipinski definition) is 3. The molecule has 0 radical (unpaired) electrons. The van der Waals surface area contributed by atoms with Crippen molar-refractivity contribution < 1.29 is 9.84 Å². The maximum Gasteiger partial charge on any atom is 0.124 e. The van der Waals surface area contributed by atoms with Crippen LogP contribution in [0.1, 0.15) is 25.8 Å². The van der Waals surface area contributed by atoms with E-state index < -0.39 is 0 Å². The molecule has 1 rings (SSSR count). The average Bonchev–Trinajstić information content (AvgIpc) is 2.40. The monoisotopic (exact) mass is 344 g/mol. The third-order valence-corrected chi connectivity index (χ3v) is 3.19. The van der Waals surface area contributed by atoms with E-state index >= 15 is 0 Å². The highest BCUT2D eigenvalue weighted by molar-refractivity contribution is 9.10. The minimum atomic E-state index is 0.178. The molecule has 0 atom stereocenters. The predicted molar refractivity (Wildman–Crippen MR) is 86.2 cm³/mol. The highest BCUT2D eigenvalue weighted by Crippen LogP contribution is 2.24. The summed E-state index contributed by atoms with van der Waals surface area (Å²) >= 11 is 3.50. The molecule has 0 unspecified atom stereocenters. The van der Waals surface area contributed by atoms with Gasteiger partial charge in [0.25, 0.3) is 0 Å². The Morgan fingerprint density at radius 3 is 2.65 bits per heavy atom. The van der Waals surface area contributed by atoms with Crippen molar-refractivity contribution in [3.63, 3.8) is 0 Å². The van der Waals surface area contributed by atoms with E-state index in [1.54, 1.807) is 0 Å². The van der Waals surface area contributed by atoms with E-state index in [1.165, 1.54) is 0 Å². The third-order valence-electron chi connectivity index (χ3n) is 2.70. The highest BCUT2D eigenvalue weighted by atomic mass is 79.9. The smallest absolute Gasteiger partial charge is 0.124 e. The largest absolute Gasteiger partial charge is 0.491 e. The molecule has 1 aromatic carbocycles. The van der Waals surface area contributed by atoms with E-state index in [4.69, 9.17) is 9.84 Å². The number of nitrogens with one attached hydrogen (secondary N) is 2. The lowest BCUT2D eigenvalue weighted by Crippen LogP contribution is -2.24. The molecule has 0 aromatic heterocycles. The Hall–Kier alpha value is -0.620. The molecule has 0 saturated heterocycles. The minimum absolute atomic E-state index is 0.178. The standard InChI is InChI=1S/C15H25BrN2O2/c1-12(2)20-15-5-4-14(16)10-13(15)11-18-7-3-6-17-8-9-19/h4-5,10,12,17-19H,3,6-9,11H2,1-2H3. The number of halogens is 1. The maximum atomic E-state index is 8.65. The van der Waals surface area contributed by atoms with E-state index in [1.807, 2.05) is 26.0 Å². The van der Waals surface area contributed by atoms with Crippen molar-refractivity contribution in [3.05, 3.63) is 28.2 Å². The molecule has 0 aliphatic heterocycles. The fraction of sp³-hybridized carbons (Fsp3) is 0.600. The lowest BCUT2D eigenvalue weighted by molar-refractivity contribution is 0.239. The average molecular weight is 345 g/mol. The molecule has 0 heterocycles. The van der Waals surface area contributed by atoms with E-state index in [-0.39, 0.29) is 12.7 Å². The second kappa shape index (κ2) is 10.2. The molecule has 114 valence electrons. The SMILES string of the molecule is CC(C)Oc1ccc(Br)cc1CNCCCNCCO. The summed E-state index contributed by atoms with van der Waals surface area (Å²) in [5.41, 5.74) is 1.16. The second-order valence-electron chi connectivity index (χ2n) is 4.92. The van der Waals surface area contributed by atoms with Crippen molar-refractivity contribution >= 4 is 15.9 Å². The third kappa shape index (κ3) is 7.24. The molecule has 4 nitrogen and oxygen atoms in total. The molecule has 0 aliphatic rings. The van der Waals surface area contributed by atoms with Gasteiger partial charge < -0.3 is 20.5 Å². The summed E-state index contributed by atoms with van der Waals surface area (Å²) in [6.45, 7) is 7.58. The van der Waals surface area contributed by atoms with Crippen LogP contribution in [-0.4, -0.2) is 37.5 Å². The summed E-state index contributed by atoms with van der Waals surface area (Å²) in [4.78, 5) is 0. The van der Waals surface area contributed by atoms with Crippen molar-refractivity contribution in [1.82, 2.24) is 10.6 Å². The molecular formula is C15H25BrN2O2. The predicted octanol–water partition coefficient (Wildman–Crippen LogP) is 2.30. The van der Waals surface area contributed by atoms with Crippen LogP contribution in [0.5, 0.6) is 5.75 Å². The van der Waals surface area contributed by atoms with Gasteiger partial charge in [-0.1, -0.05) is 15.9 Å². The molecular weight excluding hydrogens is 320 g/mol. The van der Waals surface area contributed by atoms with Gasteiger partial charge in [0.1, 0.15) is 5.75 Å². The second-order valence-corrected chi connectivity index (χ2v) is 5.84. The Labute approximate surface area is 130 Å². The van der Waals surface area contributed by atoms with Gasteiger partial charge in [-0.05, 0) is 51.6 Å². The van der Waals surface area contributed by atoms with E-state index in [9.17, 15) is 0 Å². The zero-order chi connectivity index (χ0) is 14.8. The van der Waals surface area contributed by atoms with Crippen molar-refractivity contribution in [3.8, 4) is 5.75 Å². The van der Waals surface area contributed by atoms with Gasteiger partial charge in [-0.2, -0.15) is 0 Å². The van der Waals surface area contributed by atoms with Crippen molar-refractivity contribution in [2.24, 2.45) is 0 Å². The van der Waals surface area contributed by atoms with Crippen LogP contribution in [0.4, 0.5) is 0 Å². The molecule has 3 N–H and O–H groups in total. The quantitative estimate of drug-likeness (QED) is 0.570. The molecule has 0 bridgehead atoms. The fourth-order valence-electron chi connectivity index (χ4n) is 1.82. The highest BCUT2D eigenvalue weighted by Gasteiger charge is 2.06. The Morgan fingerprint density at radius 1 is 1.20 bits per heavy atom. The molecule has 1 aromatic rings. The molecule has 0 saturated carbocycles. The van der Waals surface area contributed by atoms with Crippen LogP contribution >= 0.6 is 15.9 Å². The van der Waals surface area contributed by atoms with Gasteiger partial charge in [0.05, 0.1) is 12.7 Å². The zero-order valence-electron chi connectivity index (χ0n) is 12.3. The Morgan fingerprint density at radius 2 is 1.95 bits per heavy atom. The first-order valence-corrected chi connectivity index (χ1v) is 7.90. The van der Waals surface area contributed by atoms with Gasteiger partial charge >= 0.3 is 0 Å². The summed E-state index contributed by atoms with van der Waals surface area (Å²) in [6.07, 6.45) is 1.21. The van der Waals surface area contributed by atoms with Crippen LogP contribution in [0, 0.1) is 0 Å². The van der Waals surface area contributed by atoms with Crippen LogP contribution in [0.3, 0.4) is 0 Å². The van der Waals surface area contributed by atoms with Gasteiger partial charge in [0.2, 0.25) is 0 Å². The molecule has 5 heteroatoms. The zero-order valence-corrected chi connectivity index (χ0v) is 13.9. The van der Waals surface area contributed by atoms with Gasteiger partial charge in [-0.15, -0.1) is 0 Å². The summed E-state index contributed by atoms with van der Waals surface area (Å²) < 4.78 is 6.87. The lowest BCUT2D eigenvalue weighted by Gasteiger charge is -2.15. The summed E-state index contributed by atoms with van der Waals surface area (Å²) in [5, 5.41) is 15.2. The van der Waals surface area contributed by atoms with Crippen LogP contribution in [-0.2, 0) is 6.54 Å². The molecule has 0 amide bonds. The number of hydrogen-bond acceptors (Lipinski definition) is 4. The van der Waals surface area contributed by atoms with Gasteiger partial charge in [0, 0.05) is 23.1 Å². The molecule has 0 fully saturated rings. The van der Waals surface area contributed by atoms with Crippen molar-refractivity contribution in [2.75, 3.05) is 26.2 Å². The Kier molecular flexibility index (Phi) is 8.85. The number of aliphatic hydroxyl groups is 1. The summed E-state index contributed by atoms with van der Waals surface area (Å²) in [5.74, 6) is 0.939. The maximum absolute atomic E-state index is 8.65. The Balaban J connectivity index is 2.36. The van der Waals surface area contributed by atoms with Gasteiger partial charge in [-0.25, -0.2) is 0 Å². The van der Waals surface area contributed by atoms with Gasteiger partial charge in [-0.3, -0.25) is 0 Å². The van der Waals surface area contributed by atoms with Gasteiger partial charge in [0.15, 0.2) is 0 Å². The number of rotatable bonds is 10. The first kappa shape index (κ1) is 17.4. The van der Waals surface area contributed by atoms with E-state index in [2.05, 4.69) is 32.6 Å². The molecule has 0 aliphatic carbocycles. The molecule has 20 heavy (non-hydrogen) atoms. The van der Waals surface area contributed by atoms with Crippen molar-refractivity contribution in [1.29, 1.82) is 0 Å². The Bertz CT molecular complexity index is 386. The van der Waals surface area contributed by atoms with Crippen LogP contribution in [0.15, 0.2) is 22.7 Å². The fourth-order valence-corrected chi connectivity index (χ4v) is 2.23. The lowest BCUT2D eigenvalue weighted by atomic mass is 10.2. The van der Waals surface area contributed by atoms with Crippen molar-refractivity contribution in [2.45, 2.75) is 32.9 Å². The first-order valence-electron chi connectivity index (χ1n) is 7.11. The minimum Gasteiger partial charge on any atom is -0.491 e. The number of benzene rings is 1. The first-order chi connectivity index (χ1) is 9.63. The molecule has 0 spiro atoms. The van der Waals surface area contributed by atoms with Crippen LogP contribution in [0.25, 0.3) is 0 Å². The number of aliphatic hydroxyl groups excluding tert-OH is 1. The summed E-state index contributed by atoms with van der Waals surface area (Å²) in [6, 6.07) is 6.10. The van der Waals surface area contributed by atoms with Crippen LogP contribution < -0.4 is 15.4 Å². The van der Waals surface area contributed by atoms with E-state index in [0.29, 0.717) is 6.54 Å².